The van der Waals surface area contributed by atoms with E-state index in [1.54, 1.807) is 25.7 Å². The summed E-state index contributed by atoms with van der Waals surface area (Å²) >= 11 is 5.57. The number of ether oxygens (including phenoxy) is 1. The first-order chi connectivity index (χ1) is 11.2. The van der Waals surface area contributed by atoms with E-state index in [4.69, 9.17) is 16.3 Å². The normalized spacial score (nSPS) is 15.8. The van der Waals surface area contributed by atoms with Crippen LogP contribution in [0.25, 0.3) is 0 Å². The number of piperidine rings is 1. The van der Waals surface area contributed by atoms with Crippen LogP contribution in [-0.4, -0.2) is 60.0 Å². The van der Waals surface area contributed by atoms with E-state index in [1.807, 2.05) is 0 Å². The molecule has 1 saturated heterocycles. The second-order valence-corrected chi connectivity index (χ2v) is 7.25. The Morgan fingerprint density at radius 3 is 2.38 bits per heavy atom. The van der Waals surface area contributed by atoms with E-state index in [0.29, 0.717) is 44.7 Å². The summed E-state index contributed by atoms with van der Waals surface area (Å²) in [7, 11) is 0. The Morgan fingerprint density at radius 2 is 1.83 bits per heavy atom. The minimum atomic E-state index is -0.600. The van der Waals surface area contributed by atoms with Gasteiger partial charge in [0.15, 0.2) is 0 Å². The lowest BCUT2D eigenvalue weighted by atomic mass is 10.0. The average Bonchev–Trinajstić information content (AvgIpc) is 2.49. The number of amides is 3. The first-order valence-electron chi connectivity index (χ1n) is 8.31. The molecule has 0 spiro atoms. The van der Waals surface area contributed by atoms with Gasteiger partial charge in [-0.25, -0.2) is 4.79 Å². The molecule has 0 aromatic rings. The minimum absolute atomic E-state index is 0.00650. The second-order valence-electron chi connectivity index (χ2n) is 6.87. The first kappa shape index (κ1) is 20.5. The molecule has 1 heterocycles. The molecule has 24 heavy (non-hydrogen) atoms. The Kier molecular flexibility index (Phi) is 8.31. The predicted octanol–water partition coefficient (Wildman–Crippen LogP) is 1.64. The number of carbonyl (C=O) groups excluding carboxylic acids is 3. The molecule has 0 bridgehead atoms. The van der Waals surface area contributed by atoms with Crippen LogP contribution in [0.5, 0.6) is 0 Å². The fourth-order valence-electron chi connectivity index (χ4n) is 2.37. The van der Waals surface area contributed by atoms with Gasteiger partial charge in [-0.05, 0) is 40.0 Å². The lowest BCUT2D eigenvalue weighted by Crippen LogP contribution is -2.49. The van der Waals surface area contributed by atoms with Gasteiger partial charge in [-0.15, -0.1) is 11.6 Å². The van der Waals surface area contributed by atoms with E-state index in [0.717, 1.165) is 0 Å². The molecule has 1 aliphatic rings. The number of halogens is 1. The highest BCUT2D eigenvalue weighted by molar-refractivity contribution is 6.17. The van der Waals surface area contributed by atoms with Gasteiger partial charge in [0.1, 0.15) is 12.1 Å². The third kappa shape index (κ3) is 8.38. The Labute approximate surface area is 148 Å². The zero-order valence-corrected chi connectivity index (χ0v) is 15.4. The summed E-state index contributed by atoms with van der Waals surface area (Å²) in [6.07, 6.45) is 1.93. The molecule has 1 aliphatic heterocycles. The van der Waals surface area contributed by atoms with Crippen molar-refractivity contribution in [2.75, 3.05) is 25.5 Å². The van der Waals surface area contributed by atoms with Crippen molar-refractivity contribution in [1.29, 1.82) is 0 Å². The number of likely N-dealkylation sites (tertiary alicyclic amines) is 1. The van der Waals surface area contributed by atoms with E-state index in [9.17, 15) is 14.4 Å². The Hall–Kier alpha value is -1.50. The van der Waals surface area contributed by atoms with Crippen molar-refractivity contribution in [3.8, 4) is 0 Å². The maximum atomic E-state index is 12.1. The van der Waals surface area contributed by atoms with Crippen LogP contribution in [-0.2, 0) is 14.3 Å². The maximum Gasteiger partial charge on any atom is 0.408 e. The molecule has 0 atom stereocenters. The van der Waals surface area contributed by atoms with Crippen LogP contribution in [0.15, 0.2) is 0 Å². The Bertz CT molecular complexity index is 443. The standard InChI is InChI=1S/C16H28ClN3O4/c1-16(2,3)24-15(23)18-11-14(22)20-9-6-12(7-10-20)19-13(21)5-4-8-17/h12H,4-11H2,1-3H3,(H,18,23)(H,19,21). The zero-order chi connectivity index (χ0) is 18.2. The van der Waals surface area contributed by atoms with Gasteiger partial charge in [-0.1, -0.05) is 0 Å². The van der Waals surface area contributed by atoms with Gasteiger partial charge in [0.25, 0.3) is 0 Å². The smallest absolute Gasteiger partial charge is 0.408 e. The van der Waals surface area contributed by atoms with Gasteiger partial charge in [0, 0.05) is 31.4 Å². The molecule has 8 heteroatoms. The van der Waals surface area contributed by atoms with Crippen molar-refractivity contribution in [3.63, 3.8) is 0 Å². The molecule has 7 nitrogen and oxygen atoms in total. The molecular weight excluding hydrogens is 334 g/mol. The third-order valence-corrected chi connectivity index (χ3v) is 3.80. The number of alkyl carbamates (subject to hydrolysis) is 1. The summed E-state index contributed by atoms with van der Waals surface area (Å²) in [5, 5.41) is 5.43. The summed E-state index contributed by atoms with van der Waals surface area (Å²) in [6.45, 7) is 6.34. The Morgan fingerprint density at radius 1 is 1.21 bits per heavy atom. The van der Waals surface area contributed by atoms with Gasteiger partial charge in [-0.3, -0.25) is 9.59 Å². The molecule has 0 radical (unpaired) electrons. The molecule has 0 aromatic heterocycles. The Balaban J connectivity index is 2.25. The molecule has 2 N–H and O–H groups in total. The number of hydrogen-bond donors (Lipinski definition) is 2. The molecule has 0 aliphatic carbocycles. The van der Waals surface area contributed by atoms with Gasteiger partial charge < -0.3 is 20.3 Å². The van der Waals surface area contributed by atoms with E-state index in [2.05, 4.69) is 10.6 Å². The van der Waals surface area contributed by atoms with Gasteiger partial charge in [0.2, 0.25) is 11.8 Å². The topological polar surface area (TPSA) is 87.7 Å². The summed E-state index contributed by atoms with van der Waals surface area (Å²) < 4.78 is 5.09. The fourth-order valence-corrected chi connectivity index (χ4v) is 2.51. The average molecular weight is 362 g/mol. The van der Waals surface area contributed by atoms with Crippen LogP contribution in [0.4, 0.5) is 4.79 Å². The van der Waals surface area contributed by atoms with E-state index in [-0.39, 0.29) is 24.4 Å². The number of nitrogens with one attached hydrogen (secondary N) is 2. The van der Waals surface area contributed by atoms with E-state index in [1.165, 1.54) is 0 Å². The number of carbonyl (C=O) groups is 3. The number of alkyl halides is 1. The van der Waals surface area contributed by atoms with Crippen molar-refractivity contribution >= 4 is 29.5 Å². The summed E-state index contributed by atoms with van der Waals surface area (Å²) in [5.41, 5.74) is -0.590. The molecule has 1 fully saturated rings. The minimum Gasteiger partial charge on any atom is -0.444 e. The van der Waals surface area contributed by atoms with Crippen LogP contribution in [0.1, 0.15) is 46.5 Å². The van der Waals surface area contributed by atoms with E-state index < -0.39 is 11.7 Å². The van der Waals surface area contributed by atoms with Crippen LogP contribution in [0.2, 0.25) is 0 Å². The molecule has 3 amide bonds. The highest BCUT2D eigenvalue weighted by Gasteiger charge is 2.24. The van der Waals surface area contributed by atoms with Crippen molar-refractivity contribution < 1.29 is 19.1 Å². The van der Waals surface area contributed by atoms with Crippen LogP contribution >= 0.6 is 11.6 Å². The second kappa shape index (κ2) is 9.71. The van der Waals surface area contributed by atoms with Crippen LogP contribution in [0, 0.1) is 0 Å². The first-order valence-corrected chi connectivity index (χ1v) is 8.84. The maximum absolute atomic E-state index is 12.1. The lowest BCUT2D eigenvalue weighted by Gasteiger charge is -2.32. The van der Waals surface area contributed by atoms with Gasteiger partial charge in [-0.2, -0.15) is 0 Å². The highest BCUT2D eigenvalue weighted by Crippen LogP contribution is 2.11. The van der Waals surface area contributed by atoms with Gasteiger partial charge >= 0.3 is 6.09 Å². The SMILES string of the molecule is CC(C)(C)OC(=O)NCC(=O)N1CCC(NC(=O)CCCCl)CC1. The molecule has 1 rings (SSSR count). The highest BCUT2D eigenvalue weighted by atomic mass is 35.5. The number of rotatable bonds is 6. The fraction of sp³-hybridized carbons (Fsp3) is 0.812. The van der Waals surface area contributed by atoms with Crippen molar-refractivity contribution in [2.24, 2.45) is 0 Å². The van der Waals surface area contributed by atoms with Gasteiger partial charge in [0.05, 0.1) is 0 Å². The van der Waals surface area contributed by atoms with Crippen molar-refractivity contribution in [3.05, 3.63) is 0 Å². The molecule has 0 aromatic carbocycles. The quantitative estimate of drug-likeness (QED) is 0.704. The van der Waals surface area contributed by atoms with Crippen LogP contribution < -0.4 is 10.6 Å². The number of nitrogens with zero attached hydrogens (tertiary/aromatic N) is 1. The molecular formula is C16H28ClN3O4. The predicted molar refractivity (Wildman–Crippen MR) is 91.9 cm³/mol. The molecule has 0 saturated carbocycles. The summed E-state index contributed by atoms with van der Waals surface area (Å²) in [4.78, 5) is 37.0. The lowest BCUT2D eigenvalue weighted by molar-refractivity contribution is -0.131. The largest absolute Gasteiger partial charge is 0.444 e. The molecule has 0 unspecified atom stereocenters. The monoisotopic (exact) mass is 361 g/mol. The van der Waals surface area contributed by atoms with E-state index >= 15 is 0 Å². The van der Waals surface area contributed by atoms with Crippen LogP contribution in [0.3, 0.4) is 0 Å². The number of hydrogen-bond acceptors (Lipinski definition) is 4. The zero-order valence-electron chi connectivity index (χ0n) is 14.7. The molecule has 138 valence electrons. The summed E-state index contributed by atoms with van der Waals surface area (Å²) in [5.74, 6) is 0.338. The third-order valence-electron chi connectivity index (χ3n) is 3.53. The van der Waals surface area contributed by atoms with Crippen molar-refractivity contribution in [2.45, 2.75) is 58.1 Å². The summed E-state index contributed by atoms with van der Waals surface area (Å²) in [6, 6.07) is 0.0932. The van der Waals surface area contributed by atoms with Crippen molar-refractivity contribution in [1.82, 2.24) is 15.5 Å².